The first-order valence-electron chi connectivity index (χ1n) is 7.34. The molecule has 1 aliphatic rings. The smallest absolute Gasteiger partial charge is 0.226 e. The normalized spacial score (nSPS) is 16.8. The second-order valence-electron chi connectivity index (χ2n) is 5.76. The quantitative estimate of drug-likeness (QED) is 0.906. The molecule has 1 amide bonds. The van der Waals surface area contributed by atoms with Crippen LogP contribution in [0, 0.1) is 0 Å². The molecule has 0 atom stereocenters. The monoisotopic (exact) mass is 284 g/mol. The molecule has 110 valence electrons. The molecule has 1 aromatic carbocycles. The van der Waals surface area contributed by atoms with E-state index in [4.69, 9.17) is 5.73 Å². The minimum Gasteiger partial charge on any atom is -0.325 e. The van der Waals surface area contributed by atoms with Crippen molar-refractivity contribution in [3.05, 3.63) is 42.7 Å². The van der Waals surface area contributed by atoms with E-state index in [2.05, 4.69) is 10.4 Å². The molecule has 1 heterocycles. The van der Waals surface area contributed by atoms with Gasteiger partial charge in [-0.1, -0.05) is 25.0 Å². The predicted molar refractivity (Wildman–Crippen MR) is 82.2 cm³/mol. The molecule has 5 nitrogen and oxygen atoms in total. The van der Waals surface area contributed by atoms with Crippen LogP contribution >= 0.6 is 0 Å². The molecule has 1 fully saturated rings. The van der Waals surface area contributed by atoms with Crippen molar-refractivity contribution < 1.29 is 4.79 Å². The Morgan fingerprint density at radius 2 is 2.05 bits per heavy atom. The maximum Gasteiger partial charge on any atom is 0.226 e. The van der Waals surface area contributed by atoms with E-state index in [1.807, 2.05) is 36.5 Å². The van der Waals surface area contributed by atoms with Gasteiger partial charge in [0, 0.05) is 24.4 Å². The van der Waals surface area contributed by atoms with Crippen LogP contribution in [0.3, 0.4) is 0 Å². The lowest BCUT2D eigenvalue weighted by Crippen LogP contribution is -2.40. The summed E-state index contributed by atoms with van der Waals surface area (Å²) in [6, 6.07) is 9.49. The van der Waals surface area contributed by atoms with Crippen molar-refractivity contribution in [2.75, 3.05) is 5.32 Å². The average Bonchev–Trinajstić information content (AvgIpc) is 3.11. The first kappa shape index (κ1) is 13.8. The highest BCUT2D eigenvalue weighted by Crippen LogP contribution is 2.30. The van der Waals surface area contributed by atoms with Gasteiger partial charge in [-0.2, -0.15) is 5.10 Å². The zero-order chi connectivity index (χ0) is 14.7. The highest BCUT2D eigenvalue weighted by Gasteiger charge is 2.31. The number of nitrogens with zero attached hydrogens (tertiary/aromatic N) is 2. The molecule has 1 aliphatic carbocycles. The molecule has 1 aromatic heterocycles. The molecule has 0 bridgehead atoms. The van der Waals surface area contributed by atoms with Crippen LogP contribution in [-0.2, 0) is 4.79 Å². The van der Waals surface area contributed by atoms with Crippen LogP contribution < -0.4 is 11.1 Å². The van der Waals surface area contributed by atoms with E-state index in [0.29, 0.717) is 6.42 Å². The Labute approximate surface area is 124 Å². The van der Waals surface area contributed by atoms with Gasteiger partial charge >= 0.3 is 0 Å². The van der Waals surface area contributed by atoms with Gasteiger partial charge in [0.05, 0.1) is 11.4 Å². The summed E-state index contributed by atoms with van der Waals surface area (Å²) in [4.78, 5) is 12.3. The fourth-order valence-electron chi connectivity index (χ4n) is 2.96. The van der Waals surface area contributed by atoms with Gasteiger partial charge in [-0.05, 0) is 31.0 Å². The molecule has 0 spiro atoms. The Morgan fingerprint density at radius 1 is 1.29 bits per heavy atom. The topological polar surface area (TPSA) is 72.9 Å². The standard InChI is InChI=1S/C16H20N4O/c17-16(8-3-4-9-16)12-15(21)19-13-6-1-2-7-14(13)20-11-5-10-18-20/h1-2,5-7,10-11H,3-4,8-9,12,17H2,(H,19,21). The van der Waals surface area contributed by atoms with Gasteiger partial charge in [0.2, 0.25) is 5.91 Å². The van der Waals surface area contributed by atoms with Crippen LogP contribution in [0.5, 0.6) is 0 Å². The maximum atomic E-state index is 12.3. The fraction of sp³-hybridized carbons (Fsp3) is 0.375. The van der Waals surface area contributed by atoms with E-state index in [9.17, 15) is 4.79 Å². The molecule has 0 aliphatic heterocycles. The Morgan fingerprint density at radius 3 is 2.76 bits per heavy atom. The number of rotatable bonds is 4. The van der Waals surface area contributed by atoms with Crippen LogP contribution in [0.2, 0.25) is 0 Å². The third-order valence-corrected chi connectivity index (χ3v) is 4.04. The summed E-state index contributed by atoms with van der Waals surface area (Å²) in [5.74, 6) is -0.0287. The summed E-state index contributed by atoms with van der Waals surface area (Å²) in [7, 11) is 0. The van der Waals surface area contributed by atoms with Crippen LogP contribution in [0.25, 0.3) is 5.69 Å². The van der Waals surface area contributed by atoms with E-state index < -0.39 is 0 Å². The van der Waals surface area contributed by atoms with Crippen molar-refractivity contribution in [2.24, 2.45) is 5.73 Å². The molecular formula is C16H20N4O. The highest BCUT2D eigenvalue weighted by molar-refractivity contribution is 5.93. The third-order valence-electron chi connectivity index (χ3n) is 4.04. The Bertz CT molecular complexity index is 615. The molecule has 3 N–H and O–H groups in total. The first-order chi connectivity index (χ1) is 10.2. The zero-order valence-corrected chi connectivity index (χ0v) is 12.0. The lowest BCUT2D eigenvalue weighted by Gasteiger charge is -2.23. The van der Waals surface area contributed by atoms with Crippen molar-refractivity contribution in [2.45, 2.75) is 37.6 Å². The number of carbonyl (C=O) groups is 1. The van der Waals surface area contributed by atoms with Crippen LogP contribution in [0.4, 0.5) is 5.69 Å². The number of nitrogens with one attached hydrogen (secondary N) is 1. The number of benzene rings is 1. The highest BCUT2D eigenvalue weighted by atomic mass is 16.1. The Kier molecular flexibility index (Phi) is 3.75. The van der Waals surface area contributed by atoms with Crippen molar-refractivity contribution >= 4 is 11.6 Å². The zero-order valence-electron chi connectivity index (χ0n) is 12.0. The maximum absolute atomic E-state index is 12.3. The predicted octanol–water partition coefficient (Wildman–Crippen LogP) is 2.47. The number of hydrogen-bond donors (Lipinski definition) is 2. The van der Waals surface area contributed by atoms with Crippen molar-refractivity contribution in [1.82, 2.24) is 9.78 Å². The summed E-state index contributed by atoms with van der Waals surface area (Å²) in [6.45, 7) is 0. The Balaban J connectivity index is 1.74. The second-order valence-corrected chi connectivity index (χ2v) is 5.76. The number of para-hydroxylation sites is 2. The second kappa shape index (κ2) is 5.69. The lowest BCUT2D eigenvalue weighted by molar-refractivity contribution is -0.117. The van der Waals surface area contributed by atoms with Gasteiger partial charge in [-0.15, -0.1) is 0 Å². The van der Waals surface area contributed by atoms with E-state index >= 15 is 0 Å². The largest absolute Gasteiger partial charge is 0.325 e. The summed E-state index contributed by atoms with van der Waals surface area (Å²) in [5.41, 5.74) is 7.55. The third kappa shape index (κ3) is 3.13. The molecule has 0 unspecified atom stereocenters. The summed E-state index contributed by atoms with van der Waals surface area (Å²) >= 11 is 0. The van der Waals surface area contributed by atoms with Gasteiger partial charge in [-0.3, -0.25) is 4.79 Å². The summed E-state index contributed by atoms with van der Waals surface area (Å²) in [6.07, 6.45) is 8.04. The molecule has 2 aromatic rings. The molecular weight excluding hydrogens is 264 g/mol. The number of anilines is 1. The molecule has 5 heteroatoms. The van der Waals surface area contributed by atoms with E-state index in [1.54, 1.807) is 10.9 Å². The minimum absolute atomic E-state index is 0.0287. The summed E-state index contributed by atoms with van der Waals surface area (Å²) < 4.78 is 1.74. The number of carbonyl (C=O) groups excluding carboxylic acids is 1. The van der Waals surface area contributed by atoms with Crippen LogP contribution in [-0.4, -0.2) is 21.2 Å². The van der Waals surface area contributed by atoms with Gasteiger partial charge in [0.25, 0.3) is 0 Å². The van der Waals surface area contributed by atoms with Gasteiger partial charge in [0.15, 0.2) is 0 Å². The lowest BCUT2D eigenvalue weighted by atomic mass is 9.94. The number of aromatic nitrogens is 2. The van der Waals surface area contributed by atoms with Gasteiger partial charge in [-0.25, -0.2) is 4.68 Å². The minimum atomic E-state index is -0.329. The van der Waals surface area contributed by atoms with E-state index in [-0.39, 0.29) is 11.4 Å². The fourth-order valence-corrected chi connectivity index (χ4v) is 2.96. The molecule has 21 heavy (non-hydrogen) atoms. The van der Waals surface area contributed by atoms with E-state index in [1.165, 1.54) is 0 Å². The van der Waals surface area contributed by atoms with Gasteiger partial charge in [0.1, 0.15) is 0 Å². The molecule has 0 saturated heterocycles. The summed E-state index contributed by atoms with van der Waals surface area (Å²) in [5, 5.41) is 7.18. The molecule has 1 saturated carbocycles. The van der Waals surface area contributed by atoms with Gasteiger partial charge < -0.3 is 11.1 Å². The van der Waals surface area contributed by atoms with Crippen LogP contribution in [0.15, 0.2) is 42.7 Å². The van der Waals surface area contributed by atoms with Crippen LogP contribution in [0.1, 0.15) is 32.1 Å². The molecule has 3 rings (SSSR count). The van der Waals surface area contributed by atoms with Crippen molar-refractivity contribution in [3.63, 3.8) is 0 Å². The average molecular weight is 284 g/mol. The van der Waals surface area contributed by atoms with E-state index in [0.717, 1.165) is 37.1 Å². The van der Waals surface area contributed by atoms with Crippen molar-refractivity contribution in [3.8, 4) is 5.69 Å². The molecule has 0 radical (unpaired) electrons. The Hall–Kier alpha value is -2.14. The number of hydrogen-bond acceptors (Lipinski definition) is 3. The SMILES string of the molecule is NC1(CC(=O)Nc2ccccc2-n2cccn2)CCCC1. The van der Waals surface area contributed by atoms with Crippen molar-refractivity contribution in [1.29, 1.82) is 0 Å². The number of nitrogens with two attached hydrogens (primary N) is 1. The number of amides is 1. The first-order valence-corrected chi connectivity index (χ1v) is 7.34.